The molecule has 0 saturated carbocycles. The molecule has 0 bridgehead atoms. The number of hydrogen-bond acceptors (Lipinski definition) is 3. The Morgan fingerprint density at radius 2 is 2.00 bits per heavy atom. The van der Waals surface area contributed by atoms with E-state index in [1.54, 1.807) is 19.1 Å². The highest BCUT2D eigenvalue weighted by Crippen LogP contribution is 2.11. The first-order valence-corrected chi connectivity index (χ1v) is 7.12. The minimum atomic E-state index is -3.65. The molecule has 1 aromatic rings. The van der Waals surface area contributed by atoms with Crippen LogP contribution < -0.4 is 4.72 Å². The molecule has 19 heavy (non-hydrogen) atoms. The van der Waals surface area contributed by atoms with Gasteiger partial charge in [0.2, 0.25) is 15.8 Å². The van der Waals surface area contributed by atoms with Gasteiger partial charge in [-0.05, 0) is 26.0 Å². The van der Waals surface area contributed by atoms with Crippen LogP contribution in [0.25, 0.3) is 5.53 Å². The lowest BCUT2D eigenvalue weighted by Crippen LogP contribution is -2.34. The van der Waals surface area contributed by atoms with E-state index in [1.807, 2.05) is 6.92 Å². The summed E-state index contributed by atoms with van der Waals surface area (Å²) in [7, 11) is -3.65. The van der Waals surface area contributed by atoms with E-state index in [1.165, 1.54) is 12.1 Å². The van der Waals surface area contributed by atoms with Crippen molar-refractivity contribution in [3.63, 3.8) is 0 Å². The Morgan fingerprint density at radius 1 is 1.42 bits per heavy atom. The van der Waals surface area contributed by atoms with Gasteiger partial charge in [0, 0.05) is 12.5 Å². The van der Waals surface area contributed by atoms with Crippen molar-refractivity contribution in [2.75, 3.05) is 0 Å². The standard InChI is InChI=1S/C12H15N3O3S/c1-9-3-5-12(6-4-9)19(17,18)15-10(2)7-11(16)8-14-13/h3-6,8,10,15H,7H2,1-2H3. The Hall–Kier alpha value is -1.82. The molecule has 1 N–H and O–H groups in total. The quantitative estimate of drug-likeness (QED) is 0.476. The molecule has 0 aliphatic rings. The Morgan fingerprint density at radius 3 is 2.53 bits per heavy atom. The van der Waals surface area contributed by atoms with Gasteiger partial charge in [-0.3, -0.25) is 4.79 Å². The van der Waals surface area contributed by atoms with E-state index < -0.39 is 21.8 Å². The first-order valence-electron chi connectivity index (χ1n) is 5.64. The van der Waals surface area contributed by atoms with Crippen LogP contribution in [-0.2, 0) is 14.8 Å². The maximum atomic E-state index is 12.0. The highest BCUT2D eigenvalue weighted by molar-refractivity contribution is 7.89. The van der Waals surface area contributed by atoms with Crippen LogP contribution in [-0.4, -0.2) is 31.2 Å². The molecule has 1 unspecified atom stereocenters. The van der Waals surface area contributed by atoms with Crippen LogP contribution in [0.15, 0.2) is 29.2 Å². The molecule has 7 heteroatoms. The minimum absolute atomic E-state index is 0.0743. The fourth-order valence-corrected chi connectivity index (χ4v) is 2.75. The fourth-order valence-electron chi connectivity index (χ4n) is 1.51. The maximum Gasteiger partial charge on any atom is 0.323 e. The Balaban J connectivity index is 2.77. The Kier molecular flexibility index (Phi) is 5.11. The summed E-state index contributed by atoms with van der Waals surface area (Å²) in [5.41, 5.74) is 9.16. The smallest absolute Gasteiger partial charge is 0.323 e. The van der Waals surface area contributed by atoms with Gasteiger partial charge < -0.3 is 5.53 Å². The topological polar surface area (TPSA) is 99.6 Å². The van der Waals surface area contributed by atoms with Gasteiger partial charge in [0.15, 0.2) is 0 Å². The number of Topliss-reactive ketones (excluding diaryl/α,β-unsaturated/α-hetero) is 1. The highest BCUT2D eigenvalue weighted by Gasteiger charge is 2.19. The molecule has 1 rings (SSSR count). The van der Waals surface area contributed by atoms with Gasteiger partial charge in [0.1, 0.15) is 0 Å². The molecule has 0 aromatic heterocycles. The number of carbonyl (C=O) groups is 1. The van der Waals surface area contributed by atoms with Crippen LogP contribution in [0.3, 0.4) is 0 Å². The number of benzene rings is 1. The van der Waals surface area contributed by atoms with E-state index >= 15 is 0 Å². The van der Waals surface area contributed by atoms with Gasteiger partial charge in [-0.1, -0.05) is 17.7 Å². The number of carbonyl (C=O) groups excluding carboxylic acids is 1. The van der Waals surface area contributed by atoms with Gasteiger partial charge in [-0.2, -0.15) is 4.79 Å². The number of sulfonamides is 1. The molecule has 6 nitrogen and oxygen atoms in total. The first-order chi connectivity index (χ1) is 8.85. The summed E-state index contributed by atoms with van der Waals surface area (Å²) in [6, 6.07) is 5.81. The summed E-state index contributed by atoms with van der Waals surface area (Å²) in [5, 5.41) is 0. The first kappa shape index (κ1) is 15.2. The van der Waals surface area contributed by atoms with Crippen molar-refractivity contribution in [1.82, 2.24) is 4.72 Å². The van der Waals surface area contributed by atoms with Crippen LogP contribution in [0.2, 0.25) is 0 Å². The average molecular weight is 281 g/mol. The van der Waals surface area contributed by atoms with Gasteiger partial charge in [-0.15, -0.1) is 0 Å². The minimum Gasteiger partial charge on any atom is -0.361 e. The summed E-state index contributed by atoms with van der Waals surface area (Å²) < 4.78 is 26.4. The number of nitrogens with one attached hydrogen (secondary N) is 1. The molecule has 0 aliphatic heterocycles. The van der Waals surface area contributed by atoms with E-state index in [0.29, 0.717) is 0 Å². The number of rotatable bonds is 6. The van der Waals surface area contributed by atoms with E-state index in [9.17, 15) is 13.2 Å². The van der Waals surface area contributed by atoms with Crippen molar-refractivity contribution in [3.8, 4) is 0 Å². The lowest BCUT2D eigenvalue weighted by atomic mass is 10.2. The molecule has 1 atom stereocenters. The van der Waals surface area contributed by atoms with E-state index in [-0.39, 0.29) is 11.3 Å². The van der Waals surface area contributed by atoms with Crippen LogP contribution >= 0.6 is 0 Å². The zero-order valence-corrected chi connectivity index (χ0v) is 11.5. The Bertz CT molecular complexity index is 602. The molecular formula is C12H15N3O3S. The van der Waals surface area contributed by atoms with Crippen molar-refractivity contribution in [2.45, 2.75) is 31.2 Å². The van der Waals surface area contributed by atoms with Crippen LogP contribution in [0.5, 0.6) is 0 Å². The molecule has 0 saturated heterocycles. The Labute approximate surface area is 112 Å². The number of nitrogens with zero attached hydrogens (tertiary/aromatic N) is 2. The van der Waals surface area contributed by atoms with Gasteiger partial charge in [0.05, 0.1) is 4.90 Å². The zero-order valence-electron chi connectivity index (χ0n) is 10.7. The second kappa shape index (κ2) is 6.38. The van der Waals surface area contributed by atoms with Crippen LogP contribution in [0.4, 0.5) is 0 Å². The lowest BCUT2D eigenvalue weighted by molar-refractivity contribution is -0.116. The molecule has 0 fully saturated rings. The van der Waals surface area contributed by atoms with E-state index in [2.05, 4.69) is 9.51 Å². The van der Waals surface area contributed by atoms with Crippen molar-refractivity contribution < 1.29 is 18.0 Å². The molecule has 0 aliphatic carbocycles. The van der Waals surface area contributed by atoms with Crippen LogP contribution in [0.1, 0.15) is 18.9 Å². The highest BCUT2D eigenvalue weighted by atomic mass is 32.2. The summed E-state index contributed by atoms with van der Waals surface area (Å²) >= 11 is 0. The second-order valence-corrected chi connectivity index (χ2v) is 5.96. The predicted octanol–water partition coefficient (Wildman–Crippen LogP) is 0.922. The molecule has 102 valence electrons. The molecular weight excluding hydrogens is 266 g/mol. The van der Waals surface area contributed by atoms with E-state index in [0.717, 1.165) is 11.8 Å². The summed E-state index contributed by atoms with van der Waals surface area (Å²) in [4.78, 5) is 13.9. The normalized spacial score (nSPS) is 12.5. The predicted molar refractivity (Wildman–Crippen MR) is 70.3 cm³/mol. The van der Waals surface area contributed by atoms with E-state index in [4.69, 9.17) is 5.53 Å². The zero-order chi connectivity index (χ0) is 14.5. The average Bonchev–Trinajstić information content (AvgIpc) is 2.28. The van der Waals surface area contributed by atoms with Gasteiger partial charge in [0.25, 0.3) is 0 Å². The van der Waals surface area contributed by atoms with Crippen LogP contribution in [0, 0.1) is 6.92 Å². The van der Waals surface area contributed by atoms with Crippen molar-refractivity contribution in [1.29, 1.82) is 0 Å². The maximum absolute atomic E-state index is 12.0. The monoisotopic (exact) mass is 281 g/mol. The van der Waals surface area contributed by atoms with Crippen molar-refractivity contribution in [3.05, 3.63) is 35.4 Å². The van der Waals surface area contributed by atoms with Crippen molar-refractivity contribution >= 4 is 22.0 Å². The van der Waals surface area contributed by atoms with Crippen molar-refractivity contribution in [2.24, 2.45) is 0 Å². The molecule has 0 radical (unpaired) electrons. The van der Waals surface area contributed by atoms with Gasteiger partial charge in [-0.25, -0.2) is 13.1 Å². The fraction of sp³-hybridized carbons (Fsp3) is 0.333. The summed E-state index contributed by atoms with van der Waals surface area (Å²) in [5.74, 6) is -0.457. The largest absolute Gasteiger partial charge is 0.361 e. The number of ketones is 1. The van der Waals surface area contributed by atoms with Gasteiger partial charge >= 0.3 is 6.21 Å². The second-order valence-electron chi connectivity index (χ2n) is 4.25. The third-order valence-electron chi connectivity index (χ3n) is 2.40. The molecule has 0 heterocycles. The summed E-state index contributed by atoms with van der Waals surface area (Å²) in [6.45, 7) is 3.42. The molecule has 1 aromatic carbocycles. The number of aryl methyl sites for hydroxylation is 1. The third kappa shape index (κ3) is 4.75. The SMILES string of the molecule is Cc1ccc(S(=O)(=O)NC(C)CC(=O)C=[N+]=[N-])cc1. The molecule has 0 amide bonds. The third-order valence-corrected chi connectivity index (χ3v) is 4.00. The molecule has 0 spiro atoms. The lowest BCUT2D eigenvalue weighted by Gasteiger charge is -2.12. The number of hydrogen-bond donors (Lipinski definition) is 1. The summed E-state index contributed by atoms with van der Waals surface area (Å²) in [6.07, 6.45) is 0.672.